The largest absolute Gasteiger partial charge is 0.351 e. The first-order valence-electron chi connectivity index (χ1n) is 6.85. The SMILES string of the molecule is O=C(NCC1(CCl)CCCCC1)c1cc(F)cc(F)c1. The molecule has 1 saturated carbocycles. The molecule has 0 heterocycles. The van der Waals surface area contributed by atoms with Crippen molar-refractivity contribution in [2.45, 2.75) is 32.1 Å². The van der Waals surface area contributed by atoms with Gasteiger partial charge in [0.1, 0.15) is 11.6 Å². The normalized spacial score (nSPS) is 17.8. The fourth-order valence-electron chi connectivity index (χ4n) is 2.71. The molecule has 1 N–H and O–H groups in total. The van der Waals surface area contributed by atoms with E-state index < -0.39 is 17.5 Å². The number of nitrogens with one attached hydrogen (secondary N) is 1. The highest BCUT2D eigenvalue weighted by atomic mass is 35.5. The van der Waals surface area contributed by atoms with Crippen LogP contribution in [0, 0.1) is 17.0 Å². The molecule has 1 aromatic carbocycles. The van der Waals surface area contributed by atoms with Crippen molar-refractivity contribution in [2.24, 2.45) is 5.41 Å². The number of alkyl halides is 1. The fraction of sp³-hybridized carbons (Fsp3) is 0.533. The van der Waals surface area contributed by atoms with Crippen LogP contribution in [-0.4, -0.2) is 18.3 Å². The average Bonchev–Trinajstić information content (AvgIpc) is 2.45. The number of halogens is 3. The van der Waals surface area contributed by atoms with Gasteiger partial charge in [-0.2, -0.15) is 0 Å². The predicted octanol–water partition coefficient (Wildman–Crippen LogP) is 3.88. The molecule has 0 spiro atoms. The number of amides is 1. The van der Waals surface area contributed by atoms with Gasteiger partial charge in [-0.1, -0.05) is 19.3 Å². The molecule has 0 saturated heterocycles. The van der Waals surface area contributed by atoms with Gasteiger partial charge in [0.15, 0.2) is 0 Å². The van der Waals surface area contributed by atoms with Crippen LogP contribution in [0.25, 0.3) is 0 Å². The lowest BCUT2D eigenvalue weighted by Crippen LogP contribution is -2.40. The van der Waals surface area contributed by atoms with Crippen LogP contribution in [0.5, 0.6) is 0 Å². The molecule has 20 heavy (non-hydrogen) atoms. The molecular weight excluding hydrogens is 284 g/mol. The molecule has 0 bridgehead atoms. The summed E-state index contributed by atoms with van der Waals surface area (Å²) in [5.74, 6) is -1.47. The Balaban J connectivity index is 2.00. The van der Waals surface area contributed by atoms with Crippen LogP contribution in [0.15, 0.2) is 18.2 Å². The van der Waals surface area contributed by atoms with Crippen LogP contribution >= 0.6 is 11.6 Å². The summed E-state index contributed by atoms with van der Waals surface area (Å²) in [6, 6.07) is 2.82. The quantitative estimate of drug-likeness (QED) is 0.840. The second kappa shape index (κ2) is 6.53. The molecule has 2 nitrogen and oxygen atoms in total. The number of rotatable bonds is 4. The molecule has 1 fully saturated rings. The second-order valence-electron chi connectivity index (χ2n) is 5.54. The van der Waals surface area contributed by atoms with E-state index in [2.05, 4.69) is 5.32 Å². The molecular formula is C15H18ClF2NO. The number of hydrogen-bond acceptors (Lipinski definition) is 1. The Morgan fingerprint density at radius 1 is 1.15 bits per heavy atom. The van der Waals surface area contributed by atoms with Gasteiger partial charge in [0.2, 0.25) is 0 Å². The van der Waals surface area contributed by atoms with Gasteiger partial charge in [-0.3, -0.25) is 4.79 Å². The molecule has 5 heteroatoms. The third-order valence-electron chi connectivity index (χ3n) is 3.95. The Labute approximate surface area is 122 Å². The first-order chi connectivity index (χ1) is 9.54. The molecule has 0 aliphatic heterocycles. The summed E-state index contributed by atoms with van der Waals surface area (Å²) in [6.07, 6.45) is 5.37. The summed E-state index contributed by atoms with van der Waals surface area (Å²) in [5, 5.41) is 2.76. The van der Waals surface area contributed by atoms with E-state index in [9.17, 15) is 13.6 Å². The van der Waals surface area contributed by atoms with Gasteiger partial charge in [0.05, 0.1) is 0 Å². The van der Waals surface area contributed by atoms with E-state index in [1.165, 1.54) is 6.42 Å². The molecule has 0 atom stereocenters. The molecule has 2 rings (SSSR count). The first-order valence-corrected chi connectivity index (χ1v) is 7.38. The van der Waals surface area contributed by atoms with E-state index in [1.54, 1.807) is 0 Å². The summed E-state index contributed by atoms with van der Waals surface area (Å²) in [7, 11) is 0. The molecule has 1 amide bonds. The Kier molecular flexibility index (Phi) is 4.97. The van der Waals surface area contributed by atoms with Crippen LogP contribution < -0.4 is 5.32 Å². The van der Waals surface area contributed by atoms with E-state index in [-0.39, 0.29) is 11.0 Å². The summed E-state index contributed by atoms with van der Waals surface area (Å²) >= 11 is 6.05. The molecule has 0 unspecified atom stereocenters. The maximum atomic E-state index is 13.1. The standard InChI is InChI=1S/C15H18ClF2NO/c16-9-15(4-2-1-3-5-15)10-19-14(20)11-6-12(17)8-13(18)7-11/h6-8H,1-5,9-10H2,(H,19,20). The maximum Gasteiger partial charge on any atom is 0.251 e. The summed E-state index contributed by atoms with van der Waals surface area (Å²) in [4.78, 5) is 12.0. The highest BCUT2D eigenvalue weighted by Gasteiger charge is 2.31. The molecule has 0 aromatic heterocycles. The van der Waals surface area contributed by atoms with Gasteiger partial charge < -0.3 is 5.32 Å². The lowest BCUT2D eigenvalue weighted by atomic mass is 9.75. The predicted molar refractivity (Wildman–Crippen MR) is 74.9 cm³/mol. The van der Waals surface area contributed by atoms with Crippen molar-refractivity contribution in [3.05, 3.63) is 35.4 Å². The topological polar surface area (TPSA) is 29.1 Å². The molecule has 1 aromatic rings. The highest BCUT2D eigenvalue weighted by Crippen LogP contribution is 2.36. The van der Waals surface area contributed by atoms with Crippen LogP contribution in [-0.2, 0) is 0 Å². The van der Waals surface area contributed by atoms with Crippen LogP contribution in [0.2, 0.25) is 0 Å². The minimum absolute atomic E-state index is 0.00281. The zero-order valence-corrected chi connectivity index (χ0v) is 12.0. The third-order valence-corrected chi connectivity index (χ3v) is 4.51. The van der Waals surface area contributed by atoms with Crippen molar-refractivity contribution in [3.8, 4) is 0 Å². The molecule has 1 aliphatic carbocycles. The van der Waals surface area contributed by atoms with Gasteiger partial charge in [-0.25, -0.2) is 8.78 Å². The minimum Gasteiger partial charge on any atom is -0.351 e. The zero-order valence-electron chi connectivity index (χ0n) is 11.2. The van der Waals surface area contributed by atoms with E-state index in [0.717, 1.165) is 43.9 Å². The van der Waals surface area contributed by atoms with E-state index >= 15 is 0 Å². The van der Waals surface area contributed by atoms with Crippen molar-refractivity contribution in [1.29, 1.82) is 0 Å². The van der Waals surface area contributed by atoms with Gasteiger partial charge in [0.25, 0.3) is 5.91 Å². The summed E-state index contributed by atoms with van der Waals surface area (Å²) in [5.41, 5.74) is -0.0792. The molecule has 1 aliphatic rings. The Bertz CT molecular complexity index is 467. The van der Waals surface area contributed by atoms with Crippen molar-refractivity contribution in [3.63, 3.8) is 0 Å². The summed E-state index contributed by atoms with van der Waals surface area (Å²) in [6.45, 7) is 0.452. The zero-order chi connectivity index (χ0) is 14.6. The van der Waals surface area contributed by atoms with Gasteiger partial charge in [-0.05, 0) is 25.0 Å². The van der Waals surface area contributed by atoms with Crippen molar-refractivity contribution < 1.29 is 13.6 Å². The lowest BCUT2D eigenvalue weighted by Gasteiger charge is -2.35. The number of carbonyl (C=O) groups excluding carboxylic acids is 1. The fourth-order valence-corrected chi connectivity index (χ4v) is 3.08. The lowest BCUT2D eigenvalue weighted by molar-refractivity contribution is 0.0920. The number of carbonyl (C=O) groups is 1. The van der Waals surface area contributed by atoms with Gasteiger partial charge in [0, 0.05) is 29.5 Å². The van der Waals surface area contributed by atoms with Crippen molar-refractivity contribution in [1.82, 2.24) is 5.32 Å². The molecule has 110 valence electrons. The molecule has 0 radical (unpaired) electrons. The first kappa shape index (κ1) is 15.2. The van der Waals surface area contributed by atoms with Crippen LogP contribution in [0.4, 0.5) is 8.78 Å². The van der Waals surface area contributed by atoms with E-state index in [0.29, 0.717) is 12.4 Å². The monoisotopic (exact) mass is 301 g/mol. The Hall–Kier alpha value is -1.16. The average molecular weight is 302 g/mol. The summed E-state index contributed by atoms with van der Waals surface area (Å²) < 4.78 is 26.2. The second-order valence-corrected chi connectivity index (χ2v) is 5.80. The van der Waals surface area contributed by atoms with Crippen molar-refractivity contribution in [2.75, 3.05) is 12.4 Å². The third kappa shape index (κ3) is 3.69. The van der Waals surface area contributed by atoms with Crippen molar-refractivity contribution >= 4 is 17.5 Å². The van der Waals surface area contributed by atoms with Gasteiger partial charge in [-0.15, -0.1) is 11.6 Å². The van der Waals surface area contributed by atoms with Crippen LogP contribution in [0.1, 0.15) is 42.5 Å². The Morgan fingerprint density at radius 3 is 2.30 bits per heavy atom. The smallest absolute Gasteiger partial charge is 0.251 e. The minimum atomic E-state index is -0.750. The van der Waals surface area contributed by atoms with E-state index in [1.807, 2.05) is 0 Å². The van der Waals surface area contributed by atoms with E-state index in [4.69, 9.17) is 11.6 Å². The van der Waals surface area contributed by atoms with Crippen LogP contribution in [0.3, 0.4) is 0 Å². The maximum absolute atomic E-state index is 13.1. The highest BCUT2D eigenvalue weighted by molar-refractivity contribution is 6.18. The number of hydrogen-bond donors (Lipinski definition) is 1. The number of benzene rings is 1. The van der Waals surface area contributed by atoms with Gasteiger partial charge >= 0.3 is 0 Å². The Morgan fingerprint density at radius 2 is 1.75 bits per heavy atom.